The monoisotopic (exact) mass is 552 g/mol. The molecule has 0 fully saturated rings. The van der Waals surface area contributed by atoms with E-state index < -0.39 is 26.8 Å². The Bertz CT molecular complexity index is 1250. The molecule has 4 aromatic rings. The molecule has 1 unspecified atom stereocenters. The minimum absolute atomic E-state index is 0.187. The number of carbonyl (C=O) groups is 2. The van der Waals surface area contributed by atoms with E-state index in [4.69, 9.17) is 9.90 Å². The van der Waals surface area contributed by atoms with E-state index in [1.54, 1.807) is 5.51 Å². The average molecular weight is 552 g/mol. The van der Waals surface area contributed by atoms with Crippen molar-refractivity contribution in [1.82, 2.24) is 15.0 Å². The second-order valence-corrected chi connectivity index (χ2v) is 12.8. The molecule has 7 nitrogen and oxygen atoms in total. The summed E-state index contributed by atoms with van der Waals surface area (Å²) in [4.78, 5) is 33.8. The first kappa shape index (κ1) is 25.5. The SMILES string of the molecule is CC[As](Cc1ccccc1)C(=O)Nc1ccc2nc(-c3cscn3)[nH]c2c1.O=C(O)C(F)(F)F. The summed E-state index contributed by atoms with van der Waals surface area (Å²) in [5.74, 6) is -2.01. The Kier molecular flexibility index (Phi) is 8.46. The molecule has 2 aromatic carbocycles. The van der Waals surface area contributed by atoms with Gasteiger partial charge in [-0.3, -0.25) is 0 Å². The summed E-state index contributed by atoms with van der Waals surface area (Å²) in [6.45, 7) is 2.11. The molecule has 34 heavy (non-hydrogen) atoms. The van der Waals surface area contributed by atoms with E-state index in [0.29, 0.717) is 0 Å². The van der Waals surface area contributed by atoms with Gasteiger partial charge in [-0.15, -0.1) is 0 Å². The number of nitrogens with one attached hydrogen (secondary N) is 2. The van der Waals surface area contributed by atoms with Crippen LogP contribution in [-0.2, 0) is 10.0 Å². The van der Waals surface area contributed by atoms with Gasteiger partial charge in [0.05, 0.1) is 0 Å². The number of carboxylic acid groups (broad SMARTS) is 1. The van der Waals surface area contributed by atoms with E-state index in [0.717, 1.165) is 38.7 Å². The number of alkyl halides is 3. The Hall–Kier alpha value is -3.17. The predicted molar refractivity (Wildman–Crippen MR) is 126 cm³/mol. The molecule has 0 saturated heterocycles. The number of halogens is 3. The number of fused-ring (bicyclic) bond motifs is 1. The second-order valence-electron chi connectivity index (χ2n) is 6.92. The molecule has 12 heteroatoms. The molecule has 1 amide bonds. The summed E-state index contributed by atoms with van der Waals surface area (Å²) in [5, 5.41) is 14.0. The van der Waals surface area contributed by atoms with Crippen molar-refractivity contribution >= 4 is 53.4 Å². The van der Waals surface area contributed by atoms with Crippen molar-refractivity contribution in [3.8, 4) is 11.5 Å². The number of nitrogens with zero attached hydrogens (tertiary/aromatic N) is 2. The first-order chi connectivity index (χ1) is 16.2. The summed E-state index contributed by atoms with van der Waals surface area (Å²) in [7, 11) is 0. The first-order valence-corrected chi connectivity index (χ1v) is 14.5. The van der Waals surface area contributed by atoms with E-state index in [-0.39, 0.29) is 4.69 Å². The van der Waals surface area contributed by atoms with Crippen molar-refractivity contribution in [3.05, 3.63) is 65.0 Å². The van der Waals surface area contributed by atoms with Gasteiger partial charge in [0.25, 0.3) is 0 Å². The Morgan fingerprint density at radius 2 is 1.88 bits per heavy atom. The fourth-order valence-corrected chi connectivity index (χ4v) is 6.75. The molecular weight excluding hydrogens is 532 g/mol. The summed E-state index contributed by atoms with van der Waals surface area (Å²) >= 11 is -0.123. The number of H-pyrrole nitrogens is 1. The van der Waals surface area contributed by atoms with Crippen LogP contribution < -0.4 is 5.32 Å². The van der Waals surface area contributed by atoms with Crippen molar-refractivity contribution in [1.29, 1.82) is 0 Å². The summed E-state index contributed by atoms with van der Waals surface area (Å²) in [6.07, 6.45) is -5.08. The van der Waals surface area contributed by atoms with Gasteiger partial charge >= 0.3 is 178 Å². The number of hydrogen-bond donors (Lipinski definition) is 3. The number of aromatic nitrogens is 3. The number of amides is 1. The van der Waals surface area contributed by atoms with E-state index in [1.165, 1.54) is 16.9 Å². The number of benzene rings is 2. The topological polar surface area (TPSA) is 108 Å². The number of hydrogen-bond acceptors (Lipinski definition) is 5. The molecule has 178 valence electrons. The zero-order valence-corrected chi connectivity index (χ0v) is 20.5. The first-order valence-electron chi connectivity index (χ1n) is 9.95. The van der Waals surface area contributed by atoms with Crippen LogP contribution in [0.4, 0.5) is 23.7 Å². The maximum absolute atomic E-state index is 12.8. The largest absolute Gasteiger partial charge is 0.490 e. The van der Waals surface area contributed by atoms with Gasteiger partial charge in [-0.2, -0.15) is 13.2 Å². The summed E-state index contributed by atoms with van der Waals surface area (Å²) in [5.41, 5.74) is 6.44. The Labute approximate surface area is 201 Å². The van der Waals surface area contributed by atoms with Crippen LogP contribution >= 0.6 is 11.3 Å². The van der Waals surface area contributed by atoms with Crippen LogP contribution in [0.15, 0.2) is 59.4 Å². The predicted octanol–water partition coefficient (Wildman–Crippen LogP) is 5.73. The van der Waals surface area contributed by atoms with E-state index in [2.05, 4.69) is 39.3 Å². The molecule has 0 spiro atoms. The van der Waals surface area contributed by atoms with Crippen LogP contribution in [0.3, 0.4) is 0 Å². The molecule has 2 heterocycles. The van der Waals surface area contributed by atoms with Gasteiger partial charge in [-0.05, 0) is 0 Å². The van der Waals surface area contributed by atoms with Crippen LogP contribution in [0.5, 0.6) is 0 Å². The van der Waals surface area contributed by atoms with Crippen molar-refractivity contribution < 1.29 is 27.9 Å². The van der Waals surface area contributed by atoms with E-state index >= 15 is 0 Å². The van der Waals surface area contributed by atoms with Gasteiger partial charge < -0.3 is 5.11 Å². The van der Waals surface area contributed by atoms with Crippen molar-refractivity contribution in [2.24, 2.45) is 0 Å². The Balaban J connectivity index is 0.000000406. The fraction of sp³-hybridized carbons (Fsp3) is 0.182. The standard InChI is InChI=1S/C20H19AsN4OS.C2HF3O2/c1-2-21(11-14-6-4-3-5-7-14)20(26)23-15-8-9-16-17(10-15)25-19(24-16)18-12-27-13-22-18;3-2(4,5)1(6)7/h3-10,12-13H,2,11H2,1H3,(H,23,26)(H,24,25);(H,6,7). The molecule has 4 rings (SSSR count). The Morgan fingerprint density at radius 3 is 2.47 bits per heavy atom. The third-order valence-corrected chi connectivity index (χ3v) is 9.73. The molecule has 0 aliphatic carbocycles. The minimum Gasteiger partial charge on any atom is -0.475 e. The number of aromatic amines is 1. The molecule has 1 atom stereocenters. The number of carboxylic acids is 1. The number of rotatable bonds is 6. The van der Waals surface area contributed by atoms with Gasteiger partial charge in [0, 0.05) is 0 Å². The maximum Gasteiger partial charge on any atom is 0.490 e. The fourth-order valence-electron chi connectivity index (χ4n) is 2.87. The smallest absolute Gasteiger partial charge is 0.475 e. The quantitative estimate of drug-likeness (QED) is 0.265. The van der Waals surface area contributed by atoms with Crippen LogP contribution in [0, 0.1) is 0 Å². The van der Waals surface area contributed by atoms with Crippen molar-refractivity contribution in [2.75, 3.05) is 5.32 Å². The van der Waals surface area contributed by atoms with E-state index in [1.807, 2.05) is 41.8 Å². The van der Waals surface area contributed by atoms with Gasteiger partial charge in [0.2, 0.25) is 0 Å². The number of carbonyl (C=O) groups excluding carboxylic acids is 1. The van der Waals surface area contributed by atoms with Crippen LogP contribution in [-0.4, -0.2) is 51.6 Å². The number of aliphatic carboxylic acids is 1. The van der Waals surface area contributed by atoms with Gasteiger partial charge in [-0.1, -0.05) is 0 Å². The summed E-state index contributed by atoms with van der Waals surface area (Å²) in [6, 6.07) is 16.0. The number of anilines is 1. The Morgan fingerprint density at radius 1 is 1.18 bits per heavy atom. The van der Waals surface area contributed by atoms with E-state index in [9.17, 15) is 18.0 Å². The third kappa shape index (κ3) is 6.91. The average Bonchev–Trinajstić information content (AvgIpc) is 3.47. The normalized spacial score (nSPS) is 12.0. The van der Waals surface area contributed by atoms with Crippen LogP contribution in [0.25, 0.3) is 22.6 Å². The molecule has 3 N–H and O–H groups in total. The van der Waals surface area contributed by atoms with Gasteiger partial charge in [-0.25, -0.2) is 4.79 Å². The third-order valence-electron chi connectivity index (χ3n) is 4.54. The second kappa shape index (κ2) is 11.3. The maximum atomic E-state index is 12.8. The van der Waals surface area contributed by atoms with Crippen molar-refractivity contribution in [3.63, 3.8) is 0 Å². The molecule has 2 aromatic heterocycles. The number of thiazole rings is 1. The molecule has 0 radical (unpaired) electrons. The molecule has 0 aliphatic rings. The molecule has 0 saturated carbocycles. The number of imidazole rings is 1. The van der Waals surface area contributed by atoms with Crippen LogP contribution in [0.1, 0.15) is 12.5 Å². The van der Waals surface area contributed by atoms with Gasteiger partial charge in [0.1, 0.15) is 0 Å². The summed E-state index contributed by atoms with van der Waals surface area (Å²) < 4.78 is 31.9. The van der Waals surface area contributed by atoms with Gasteiger partial charge in [0.15, 0.2) is 0 Å². The molecule has 0 aliphatic heterocycles. The molecule has 0 bridgehead atoms. The molecular formula is C22H20AsF3N4O3S. The zero-order valence-electron chi connectivity index (χ0n) is 17.8. The minimum atomic E-state index is -5.08. The van der Waals surface area contributed by atoms with Crippen molar-refractivity contribution in [2.45, 2.75) is 23.5 Å². The zero-order chi connectivity index (χ0) is 24.7. The van der Waals surface area contributed by atoms with Crippen LogP contribution in [0.2, 0.25) is 5.21 Å².